The van der Waals surface area contributed by atoms with Crippen LogP contribution in [-0.2, 0) is 10.9 Å². The topological polar surface area (TPSA) is 26.3 Å². The Morgan fingerprint density at radius 3 is 3.00 bits per heavy atom. The van der Waals surface area contributed by atoms with E-state index < -0.39 is 0 Å². The zero-order valence-electron chi connectivity index (χ0n) is 8.82. The van der Waals surface area contributed by atoms with Crippen LogP contribution in [0.15, 0.2) is 18.2 Å². The molecule has 2 unspecified atom stereocenters. The minimum atomic E-state index is 0.137. The molecule has 15 heavy (non-hydrogen) atoms. The van der Waals surface area contributed by atoms with E-state index in [1.807, 2.05) is 12.1 Å². The fourth-order valence-corrected chi connectivity index (χ4v) is 2.56. The van der Waals surface area contributed by atoms with Gasteiger partial charge in [0.25, 0.3) is 0 Å². The van der Waals surface area contributed by atoms with Crippen molar-refractivity contribution in [3.63, 3.8) is 0 Å². The van der Waals surface area contributed by atoms with Crippen molar-refractivity contribution in [2.45, 2.75) is 32.3 Å². The third kappa shape index (κ3) is 1.97. The summed E-state index contributed by atoms with van der Waals surface area (Å²) >= 11 is 0. The Kier molecular flexibility index (Phi) is 3.18. The van der Waals surface area contributed by atoms with Gasteiger partial charge >= 0.3 is 0 Å². The summed E-state index contributed by atoms with van der Waals surface area (Å²) in [5.41, 5.74) is 3.23. The van der Waals surface area contributed by atoms with Gasteiger partial charge in [-0.25, -0.2) is 0 Å². The molecule has 0 N–H and O–H groups in total. The van der Waals surface area contributed by atoms with Crippen molar-refractivity contribution in [1.82, 2.24) is 0 Å². The molecular formula is C12H15O2P. The van der Waals surface area contributed by atoms with E-state index >= 15 is 0 Å². The average Bonchev–Trinajstić information content (AvgIpc) is 2.27. The van der Waals surface area contributed by atoms with Crippen molar-refractivity contribution in [2.24, 2.45) is 0 Å². The molecule has 80 valence electrons. The minimum absolute atomic E-state index is 0.137. The van der Waals surface area contributed by atoms with Crippen LogP contribution < -0.4 is 0 Å². The van der Waals surface area contributed by atoms with Crippen molar-refractivity contribution < 1.29 is 9.32 Å². The van der Waals surface area contributed by atoms with Crippen molar-refractivity contribution >= 4 is 15.2 Å². The molecule has 1 aromatic rings. The molecule has 0 saturated heterocycles. The van der Waals surface area contributed by atoms with E-state index in [1.54, 1.807) is 6.92 Å². The van der Waals surface area contributed by atoms with Gasteiger partial charge < -0.3 is 4.52 Å². The molecular weight excluding hydrogens is 207 g/mol. The molecule has 0 fully saturated rings. The smallest absolute Gasteiger partial charge is 0.160 e. The number of carbonyl (C=O) groups excluding carboxylic acids is 1. The highest BCUT2D eigenvalue weighted by Crippen LogP contribution is 2.35. The number of Topliss-reactive ketones (excluding diaryl/α,β-unsaturated/α-hetero) is 1. The Morgan fingerprint density at radius 1 is 1.53 bits per heavy atom. The van der Waals surface area contributed by atoms with Crippen LogP contribution in [0.25, 0.3) is 0 Å². The third-order valence-electron chi connectivity index (χ3n) is 3.00. The molecule has 0 bridgehead atoms. The summed E-state index contributed by atoms with van der Waals surface area (Å²) < 4.78 is 5.36. The summed E-state index contributed by atoms with van der Waals surface area (Å²) in [6.45, 7) is 1.63. The standard InChI is InChI=1S/C12H15O2P/c1-8(13)9-4-2-6-11-10(9)5-3-7-12(11)14-15/h2,4,6,12H,3,5,7,15H2,1H3. The first-order valence-electron chi connectivity index (χ1n) is 5.22. The second-order valence-electron chi connectivity index (χ2n) is 3.95. The Bertz CT molecular complexity index is 387. The average molecular weight is 222 g/mol. The maximum atomic E-state index is 11.5. The molecule has 1 aliphatic rings. The van der Waals surface area contributed by atoms with Gasteiger partial charge in [0.15, 0.2) is 5.78 Å². The van der Waals surface area contributed by atoms with Gasteiger partial charge in [-0.3, -0.25) is 4.79 Å². The van der Waals surface area contributed by atoms with Crippen molar-refractivity contribution in [2.75, 3.05) is 0 Å². The van der Waals surface area contributed by atoms with E-state index in [-0.39, 0.29) is 11.9 Å². The maximum Gasteiger partial charge on any atom is 0.160 e. The van der Waals surface area contributed by atoms with E-state index in [0.29, 0.717) is 0 Å². The van der Waals surface area contributed by atoms with Gasteiger partial charge in [-0.15, -0.1) is 0 Å². The van der Waals surface area contributed by atoms with Crippen LogP contribution in [-0.4, -0.2) is 5.78 Å². The van der Waals surface area contributed by atoms with Crippen molar-refractivity contribution in [1.29, 1.82) is 0 Å². The Labute approximate surface area is 92.3 Å². The van der Waals surface area contributed by atoms with E-state index in [1.165, 1.54) is 11.1 Å². The highest BCUT2D eigenvalue weighted by Gasteiger charge is 2.22. The summed E-state index contributed by atoms with van der Waals surface area (Å²) in [5.74, 6) is 0.149. The summed E-state index contributed by atoms with van der Waals surface area (Å²) in [7, 11) is 2.32. The van der Waals surface area contributed by atoms with Crippen LogP contribution in [0.4, 0.5) is 0 Å². The van der Waals surface area contributed by atoms with E-state index in [0.717, 1.165) is 24.8 Å². The van der Waals surface area contributed by atoms with Crippen LogP contribution in [0.1, 0.15) is 47.4 Å². The second kappa shape index (κ2) is 4.42. The zero-order chi connectivity index (χ0) is 10.8. The lowest BCUT2D eigenvalue weighted by atomic mass is 9.85. The van der Waals surface area contributed by atoms with Gasteiger partial charge in [-0.1, -0.05) is 18.2 Å². The lowest BCUT2D eigenvalue weighted by Gasteiger charge is -2.25. The molecule has 0 heterocycles. The highest BCUT2D eigenvalue weighted by atomic mass is 31.0. The number of carbonyl (C=O) groups is 1. The van der Waals surface area contributed by atoms with Gasteiger partial charge in [0.2, 0.25) is 0 Å². The molecule has 0 spiro atoms. The van der Waals surface area contributed by atoms with Gasteiger partial charge in [0.05, 0.1) is 6.10 Å². The van der Waals surface area contributed by atoms with Crippen molar-refractivity contribution in [3.8, 4) is 0 Å². The first-order valence-corrected chi connectivity index (χ1v) is 5.69. The van der Waals surface area contributed by atoms with Crippen LogP contribution in [0, 0.1) is 0 Å². The number of hydrogen-bond donors (Lipinski definition) is 0. The molecule has 0 radical (unpaired) electrons. The van der Waals surface area contributed by atoms with Crippen molar-refractivity contribution in [3.05, 3.63) is 34.9 Å². The van der Waals surface area contributed by atoms with Crippen LogP contribution in [0.2, 0.25) is 0 Å². The zero-order valence-corrected chi connectivity index (χ0v) is 9.98. The monoisotopic (exact) mass is 222 g/mol. The van der Waals surface area contributed by atoms with Crippen LogP contribution >= 0.6 is 9.47 Å². The van der Waals surface area contributed by atoms with Gasteiger partial charge in [0, 0.05) is 15.0 Å². The predicted octanol–water partition coefficient (Wildman–Crippen LogP) is 3.07. The highest BCUT2D eigenvalue weighted by molar-refractivity contribution is 7.09. The SMILES string of the molecule is CC(=O)c1cccc2c1CCCC2OP. The molecule has 2 nitrogen and oxygen atoms in total. The number of rotatable bonds is 2. The molecule has 1 aromatic carbocycles. The second-order valence-corrected chi connectivity index (χ2v) is 4.22. The number of fused-ring (bicyclic) bond motifs is 1. The number of ketones is 1. The van der Waals surface area contributed by atoms with E-state index in [4.69, 9.17) is 4.52 Å². The van der Waals surface area contributed by atoms with E-state index in [9.17, 15) is 4.79 Å². The molecule has 2 rings (SSSR count). The summed E-state index contributed by atoms with van der Waals surface area (Å²) in [6, 6.07) is 5.92. The maximum absolute atomic E-state index is 11.5. The molecule has 2 atom stereocenters. The molecule has 3 heteroatoms. The first-order chi connectivity index (χ1) is 7.24. The predicted molar refractivity (Wildman–Crippen MR) is 62.9 cm³/mol. The molecule has 1 aliphatic carbocycles. The number of hydrogen-bond acceptors (Lipinski definition) is 2. The third-order valence-corrected chi connectivity index (χ3v) is 3.32. The summed E-state index contributed by atoms with van der Waals surface area (Å²) in [4.78, 5) is 11.5. The Morgan fingerprint density at radius 2 is 2.33 bits per heavy atom. The normalized spacial score (nSPS) is 19.7. The fourth-order valence-electron chi connectivity index (χ4n) is 2.28. The largest absolute Gasteiger partial charge is 0.358 e. The lowest BCUT2D eigenvalue weighted by Crippen LogP contribution is -2.13. The summed E-state index contributed by atoms with van der Waals surface area (Å²) in [6.07, 6.45) is 3.27. The fraction of sp³-hybridized carbons (Fsp3) is 0.417. The van der Waals surface area contributed by atoms with Gasteiger partial charge in [-0.2, -0.15) is 0 Å². The van der Waals surface area contributed by atoms with Gasteiger partial charge in [-0.05, 0) is 37.3 Å². The minimum Gasteiger partial charge on any atom is -0.358 e. The lowest BCUT2D eigenvalue weighted by molar-refractivity contribution is 0.101. The van der Waals surface area contributed by atoms with Crippen LogP contribution in [0.3, 0.4) is 0 Å². The van der Waals surface area contributed by atoms with Gasteiger partial charge in [0.1, 0.15) is 0 Å². The summed E-state index contributed by atoms with van der Waals surface area (Å²) in [5, 5.41) is 0. The van der Waals surface area contributed by atoms with Crippen LogP contribution in [0.5, 0.6) is 0 Å². The molecule has 0 saturated carbocycles. The molecule has 0 aromatic heterocycles. The molecule has 0 amide bonds. The number of benzene rings is 1. The van der Waals surface area contributed by atoms with E-state index in [2.05, 4.69) is 15.5 Å². The first kappa shape index (κ1) is 10.8. The molecule has 0 aliphatic heterocycles. The Hall–Kier alpha value is -0.720. The Balaban J connectivity index is 2.50. The quantitative estimate of drug-likeness (QED) is 0.567.